The van der Waals surface area contributed by atoms with Gasteiger partial charge in [-0.25, -0.2) is 4.39 Å². The van der Waals surface area contributed by atoms with Crippen LogP contribution in [0.3, 0.4) is 0 Å². The van der Waals surface area contributed by atoms with Gasteiger partial charge in [-0.3, -0.25) is 4.79 Å². The molecule has 1 saturated carbocycles. The van der Waals surface area contributed by atoms with Gasteiger partial charge in [0.25, 0.3) is 0 Å². The number of halogens is 1. The Morgan fingerprint density at radius 2 is 1.88 bits per heavy atom. The van der Waals surface area contributed by atoms with Gasteiger partial charge in [0.2, 0.25) is 5.91 Å². The number of ether oxygens (including phenoxy) is 2. The number of benzene rings is 2. The second-order valence-electron chi connectivity index (χ2n) is 6.82. The predicted octanol–water partition coefficient (Wildman–Crippen LogP) is 3.76. The molecule has 0 spiro atoms. The molecule has 2 aromatic carbocycles. The number of amides is 1. The largest absolute Gasteiger partial charge is 0.493 e. The number of carbonyl (C=O) groups excluding carboxylic acids is 1. The summed E-state index contributed by atoms with van der Waals surface area (Å²) in [5, 5.41) is 2.98. The summed E-state index contributed by atoms with van der Waals surface area (Å²) in [6.45, 7) is 2.84. The maximum atomic E-state index is 13.1. The van der Waals surface area contributed by atoms with E-state index in [-0.39, 0.29) is 30.2 Å². The van der Waals surface area contributed by atoms with Gasteiger partial charge >= 0.3 is 0 Å². The SMILES string of the molecule is COc1cc(C)ccc1OCCC(=O)NCC1(c2ccc(F)cc2)CC1. The summed E-state index contributed by atoms with van der Waals surface area (Å²) in [4.78, 5) is 12.1. The normalized spacial score (nSPS) is 14.6. The van der Waals surface area contributed by atoms with E-state index in [0.717, 1.165) is 24.0 Å². The molecule has 0 heterocycles. The molecule has 2 aromatic rings. The third kappa shape index (κ3) is 4.34. The van der Waals surface area contributed by atoms with Crippen LogP contribution in [0, 0.1) is 12.7 Å². The van der Waals surface area contributed by atoms with Gasteiger partial charge in [0.15, 0.2) is 11.5 Å². The van der Waals surface area contributed by atoms with E-state index in [9.17, 15) is 9.18 Å². The molecule has 0 radical (unpaired) electrons. The lowest BCUT2D eigenvalue weighted by atomic mass is 9.96. The van der Waals surface area contributed by atoms with Crippen LogP contribution in [0.5, 0.6) is 11.5 Å². The second kappa shape index (κ2) is 7.77. The lowest BCUT2D eigenvalue weighted by Gasteiger charge is -2.17. The summed E-state index contributed by atoms with van der Waals surface area (Å²) in [5.74, 6) is 1.01. The van der Waals surface area contributed by atoms with E-state index >= 15 is 0 Å². The Morgan fingerprint density at radius 1 is 1.15 bits per heavy atom. The van der Waals surface area contributed by atoms with Gasteiger partial charge in [0, 0.05) is 12.0 Å². The molecule has 1 amide bonds. The highest BCUT2D eigenvalue weighted by molar-refractivity contribution is 5.76. The van der Waals surface area contributed by atoms with Gasteiger partial charge in [-0.1, -0.05) is 18.2 Å². The van der Waals surface area contributed by atoms with Crippen molar-refractivity contribution in [2.24, 2.45) is 0 Å². The van der Waals surface area contributed by atoms with Crippen molar-refractivity contribution in [3.8, 4) is 11.5 Å². The first-order valence-corrected chi connectivity index (χ1v) is 8.83. The summed E-state index contributed by atoms with van der Waals surface area (Å²) < 4.78 is 24.0. The highest BCUT2D eigenvalue weighted by Crippen LogP contribution is 2.47. The second-order valence-corrected chi connectivity index (χ2v) is 6.82. The van der Waals surface area contributed by atoms with Crippen LogP contribution in [0.25, 0.3) is 0 Å². The standard InChI is InChI=1S/C21H24FNO3/c1-15-3-8-18(19(13-15)25-2)26-12-9-20(24)23-14-21(10-11-21)16-4-6-17(22)7-5-16/h3-8,13H,9-12,14H2,1-2H3,(H,23,24). The Bertz CT molecular complexity index is 769. The van der Waals surface area contributed by atoms with E-state index in [2.05, 4.69) is 5.32 Å². The summed E-state index contributed by atoms with van der Waals surface area (Å²) >= 11 is 0. The van der Waals surface area contributed by atoms with E-state index in [0.29, 0.717) is 18.0 Å². The summed E-state index contributed by atoms with van der Waals surface area (Å²) in [6.07, 6.45) is 2.29. The fourth-order valence-electron chi connectivity index (χ4n) is 3.03. The number of hydrogen-bond donors (Lipinski definition) is 1. The summed E-state index contributed by atoms with van der Waals surface area (Å²) in [7, 11) is 1.60. The average molecular weight is 357 g/mol. The van der Waals surface area contributed by atoms with E-state index in [1.807, 2.05) is 25.1 Å². The minimum atomic E-state index is -0.239. The molecule has 138 valence electrons. The topological polar surface area (TPSA) is 47.6 Å². The molecule has 0 bridgehead atoms. The smallest absolute Gasteiger partial charge is 0.223 e. The Morgan fingerprint density at radius 3 is 2.54 bits per heavy atom. The molecule has 5 heteroatoms. The molecule has 0 aromatic heterocycles. The van der Waals surface area contributed by atoms with Crippen molar-refractivity contribution in [2.45, 2.75) is 31.6 Å². The van der Waals surface area contributed by atoms with E-state index in [1.165, 1.54) is 12.1 Å². The predicted molar refractivity (Wildman–Crippen MR) is 98.2 cm³/mol. The minimum Gasteiger partial charge on any atom is -0.493 e. The number of methoxy groups -OCH3 is 1. The van der Waals surface area contributed by atoms with Gasteiger partial charge in [0.05, 0.1) is 20.1 Å². The first-order valence-electron chi connectivity index (χ1n) is 8.83. The number of nitrogens with one attached hydrogen (secondary N) is 1. The lowest BCUT2D eigenvalue weighted by Crippen LogP contribution is -2.33. The van der Waals surface area contributed by atoms with Crippen molar-refractivity contribution >= 4 is 5.91 Å². The lowest BCUT2D eigenvalue weighted by molar-refractivity contribution is -0.121. The maximum Gasteiger partial charge on any atom is 0.223 e. The van der Waals surface area contributed by atoms with Crippen LogP contribution in [0.4, 0.5) is 4.39 Å². The molecule has 3 rings (SSSR count). The van der Waals surface area contributed by atoms with Gasteiger partial charge < -0.3 is 14.8 Å². The fraction of sp³-hybridized carbons (Fsp3) is 0.381. The Hall–Kier alpha value is -2.56. The monoisotopic (exact) mass is 357 g/mol. The fourth-order valence-corrected chi connectivity index (χ4v) is 3.03. The number of rotatable bonds is 8. The van der Waals surface area contributed by atoms with Crippen LogP contribution in [0.1, 0.15) is 30.4 Å². The van der Waals surface area contributed by atoms with E-state index in [1.54, 1.807) is 19.2 Å². The number of carbonyl (C=O) groups is 1. The minimum absolute atomic E-state index is 0.0373. The third-order valence-corrected chi connectivity index (χ3v) is 4.84. The van der Waals surface area contributed by atoms with Crippen LogP contribution in [-0.4, -0.2) is 26.2 Å². The van der Waals surface area contributed by atoms with Gasteiger partial charge in [0.1, 0.15) is 5.82 Å². The summed E-state index contributed by atoms with van der Waals surface area (Å²) in [6, 6.07) is 12.2. The van der Waals surface area contributed by atoms with Gasteiger partial charge in [-0.15, -0.1) is 0 Å². The Balaban J connectivity index is 1.46. The van der Waals surface area contributed by atoms with Crippen LogP contribution < -0.4 is 14.8 Å². The third-order valence-electron chi connectivity index (χ3n) is 4.84. The van der Waals surface area contributed by atoms with Crippen molar-refractivity contribution in [3.63, 3.8) is 0 Å². The molecular formula is C21H24FNO3. The Kier molecular flexibility index (Phi) is 5.45. The zero-order chi connectivity index (χ0) is 18.6. The first kappa shape index (κ1) is 18.2. The molecule has 1 fully saturated rings. The quantitative estimate of drug-likeness (QED) is 0.782. The Labute approximate surface area is 153 Å². The highest BCUT2D eigenvalue weighted by atomic mass is 19.1. The highest BCUT2D eigenvalue weighted by Gasteiger charge is 2.44. The molecule has 1 aliphatic carbocycles. The molecule has 0 atom stereocenters. The van der Waals surface area contributed by atoms with Gasteiger partial charge in [-0.05, 0) is 55.2 Å². The number of hydrogen-bond acceptors (Lipinski definition) is 3. The molecule has 1 aliphatic rings. The van der Waals surface area contributed by atoms with Crippen molar-refractivity contribution in [1.29, 1.82) is 0 Å². The van der Waals surface area contributed by atoms with Crippen molar-refractivity contribution in [1.82, 2.24) is 5.32 Å². The van der Waals surface area contributed by atoms with E-state index < -0.39 is 0 Å². The molecular weight excluding hydrogens is 333 g/mol. The van der Waals surface area contributed by atoms with Crippen molar-refractivity contribution in [2.75, 3.05) is 20.3 Å². The molecule has 0 unspecified atom stereocenters. The zero-order valence-electron chi connectivity index (χ0n) is 15.2. The molecule has 1 N–H and O–H groups in total. The average Bonchev–Trinajstić information content (AvgIpc) is 3.43. The summed E-state index contributed by atoms with van der Waals surface area (Å²) in [5.41, 5.74) is 2.13. The first-order chi connectivity index (χ1) is 12.5. The molecule has 0 aliphatic heterocycles. The van der Waals surface area contributed by atoms with Crippen LogP contribution in [0.15, 0.2) is 42.5 Å². The number of aryl methyl sites for hydroxylation is 1. The zero-order valence-corrected chi connectivity index (χ0v) is 15.2. The molecule has 0 saturated heterocycles. The molecule has 4 nitrogen and oxygen atoms in total. The van der Waals surface area contributed by atoms with Crippen LogP contribution in [0.2, 0.25) is 0 Å². The molecule has 26 heavy (non-hydrogen) atoms. The van der Waals surface area contributed by atoms with E-state index in [4.69, 9.17) is 9.47 Å². The van der Waals surface area contributed by atoms with Crippen LogP contribution >= 0.6 is 0 Å². The van der Waals surface area contributed by atoms with Crippen molar-refractivity contribution < 1.29 is 18.7 Å². The van der Waals surface area contributed by atoms with Gasteiger partial charge in [-0.2, -0.15) is 0 Å². The maximum absolute atomic E-state index is 13.1. The van der Waals surface area contributed by atoms with Crippen molar-refractivity contribution in [3.05, 3.63) is 59.4 Å². The van der Waals surface area contributed by atoms with Crippen LogP contribution in [-0.2, 0) is 10.2 Å².